The van der Waals surface area contributed by atoms with Crippen LogP contribution in [-0.2, 0) is 0 Å². The lowest BCUT2D eigenvalue weighted by atomic mass is 10.3. The van der Waals surface area contributed by atoms with E-state index in [9.17, 15) is 14.9 Å². The zero-order valence-corrected chi connectivity index (χ0v) is 18.1. The molecule has 4 rings (SSSR count). The number of benzene rings is 1. The number of carbonyl (C=O) groups excluding carboxylic acids is 1. The lowest BCUT2D eigenvalue weighted by molar-refractivity contribution is -0.380. The van der Waals surface area contributed by atoms with Crippen molar-refractivity contribution in [1.29, 1.82) is 0 Å². The number of para-hydroxylation sites is 1. The summed E-state index contributed by atoms with van der Waals surface area (Å²) in [6, 6.07) is 12.2. The maximum absolute atomic E-state index is 12.7. The van der Waals surface area contributed by atoms with Gasteiger partial charge in [0.05, 0.1) is 27.1 Å². The fraction of sp³-hybridized carbons (Fsp3) is 0.200. The maximum atomic E-state index is 12.7. The summed E-state index contributed by atoms with van der Waals surface area (Å²) in [6.45, 7) is 1.00. The number of fused-ring (bicyclic) bond motifs is 1. The minimum Gasteiger partial charge on any atom is -0.462 e. The molecule has 11 nitrogen and oxygen atoms in total. The predicted octanol–water partition coefficient (Wildman–Crippen LogP) is 2.98. The van der Waals surface area contributed by atoms with Crippen LogP contribution < -0.4 is 10.1 Å². The zero-order valence-electron chi connectivity index (χ0n) is 17.3. The number of rotatable bonds is 8. The molecule has 164 valence electrons. The summed E-state index contributed by atoms with van der Waals surface area (Å²) < 4.78 is 7.33. The highest BCUT2D eigenvalue weighted by Gasteiger charge is 2.20. The number of nitrogens with zero attached hydrogens (tertiary/aromatic N) is 6. The van der Waals surface area contributed by atoms with E-state index >= 15 is 0 Å². The van der Waals surface area contributed by atoms with Gasteiger partial charge in [-0.3, -0.25) is 14.9 Å². The van der Waals surface area contributed by atoms with Crippen molar-refractivity contribution >= 4 is 39.1 Å². The van der Waals surface area contributed by atoms with Gasteiger partial charge in [0.2, 0.25) is 0 Å². The van der Waals surface area contributed by atoms with Gasteiger partial charge in [-0.1, -0.05) is 29.5 Å². The van der Waals surface area contributed by atoms with Crippen molar-refractivity contribution in [2.75, 3.05) is 32.6 Å². The topological polar surface area (TPSA) is 128 Å². The number of nitro groups is 1. The molecule has 0 aliphatic carbocycles. The molecule has 0 aliphatic rings. The van der Waals surface area contributed by atoms with Gasteiger partial charge < -0.3 is 15.0 Å². The third-order valence-electron chi connectivity index (χ3n) is 4.41. The van der Waals surface area contributed by atoms with Crippen LogP contribution in [0.4, 0.5) is 10.8 Å². The van der Waals surface area contributed by atoms with Gasteiger partial charge in [0.1, 0.15) is 6.61 Å². The molecule has 0 spiro atoms. The number of hydrogen-bond donors (Lipinski definition) is 1. The molecule has 0 aliphatic heterocycles. The first kappa shape index (κ1) is 21.3. The third kappa shape index (κ3) is 4.55. The standard InChI is InChI=1S/C20H19N7O4S/c1-25(2)10-11-31-20-23-17(22-19(28)15-8-9-16(32-15)27(29)30)14-12-21-26(18(14)24-20)13-6-4-3-5-7-13/h3-9,12H,10-11H2,1-2H3,(H,22,23,24,28). The molecule has 1 aromatic carbocycles. The number of carbonyl (C=O) groups is 1. The first-order valence-corrected chi connectivity index (χ1v) is 10.4. The van der Waals surface area contributed by atoms with Crippen LogP contribution in [0, 0.1) is 10.1 Å². The SMILES string of the molecule is CN(C)CCOc1nc(NC(=O)c2ccc([N+](=O)[O-])s2)c2cnn(-c3ccccc3)c2n1. The smallest absolute Gasteiger partial charge is 0.324 e. The Bertz CT molecular complexity index is 1270. The lowest BCUT2D eigenvalue weighted by Crippen LogP contribution is -2.20. The molecule has 0 saturated carbocycles. The average Bonchev–Trinajstić information content (AvgIpc) is 3.42. The van der Waals surface area contributed by atoms with Gasteiger partial charge in [-0.15, -0.1) is 0 Å². The summed E-state index contributed by atoms with van der Waals surface area (Å²) >= 11 is 0.785. The van der Waals surface area contributed by atoms with E-state index < -0.39 is 10.8 Å². The Hall–Kier alpha value is -3.90. The zero-order chi connectivity index (χ0) is 22.7. The second-order valence-corrected chi connectivity index (χ2v) is 8.05. The van der Waals surface area contributed by atoms with Gasteiger partial charge in [0.15, 0.2) is 11.5 Å². The molecule has 1 N–H and O–H groups in total. The van der Waals surface area contributed by atoms with Crippen molar-refractivity contribution in [3.8, 4) is 11.7 Å². The minimum absolute atomic E-state index is 0.0875. The number of nitrogens with one attached hydrogen (secondary N) is 1. The van der Waals surface area contributed by atoms with E-state index in [0.717, 1.165) is 17.0 Å². The molecule has 3 heterocycles. The molecule has 0 unspecified atom stereocenters. The number of amides is 1. The van der Waals surface area contributed by atoms with Gasteiger partial charge in [0.25, 0.3) is 5.91 Å². The van der Waals surface area contributed by atoms with Crippen molar-refractivity contribution in [1.82, 2.24) is 24.6 Å². The van der Waals surface area contributed by atoms with Crippen molar-refractivity contribution < 1.29 is 14.5 Å². The van der Waals surface area contributed by atoms with Gasteiger partial charge in [-0.2, -0.15) is 15.1 Å². The summed E-state index contributed by atoms with van der Waals surface area (Å²) in [4.78, 5) is 34.1. The molecule has 32 heavy (non-hydrogen) atoms. The highest BCUT2D eigenvalue weighted by molar-refractivity contribution is 7.17. The molecular weight excluding hydrogens is 434 g/mol. The Kier molecular flexibility index (Phi) is 6.05. The number of thiophene rings is 1. The molecule has 12 heteroatoms. The molecule has 0 fully saturated rings. The second-order valence-electron chi connectivity index (χ2n) is 6.98. The first-order valence-electron chi connectivity index (χ1n) is 9.56. The summed E-state index contributed by atoms with van der Waals surface area (Å²) in [5, 5.41) is 18.4. The molecule has 0 bridgehead atoms. The van der Waals surface area contributed by atoms with Crippen LogP contribution in [0.1, 0.15) is 9.67 Å². The van der Waals surface area contributed by atoms with Gasteiger partial charge in [0, 0.05) is 12.6 Å². The van der Waals surface area contributed by atoms with Gasteiger partial charge in [-0.25, -0.2) is 4.68 Å². The number of aromatic nitrogens is 4. The quantitative estimate of drug-likeness (QED) is 0.318. The summed E-state index contributed by atoms with van der Waals surface area (Å²) in [5.74, 6) is -0.312. The number of likely N-dealkylation sites (N-methyl/N-ethyl adjacent to an activating group) is 1. The summed E-state index contributed by atoms with van der Waals surface area (Å²) in [7, 11) is 3.84. The van der Waals surface area contributed by atoms with E-state index in [2.05, 4.69) is 20.4 Å². The molecule has 0 atom stereocenters. The Balaban J connectivity index is 1.71. The highest BCUT2D eigenvalue weighted by atomic mass is 32.1. The van der Waals surface area contributed by atoms with E-state index in [1.807, 2.05) is 49.3 Å². The van der Waals surface area contributed by atoms with Crippen LogP contribution in [0.25, 0.3) is 16.7 Å². The Morgan fingerprint density at radius 3 is 2.69 bits per heavy atom. The third-order valence-corrected chi connectivity index (χ3v) is 5.44. The number of anilines is 1. The first-order chi connectivity index (χ1) is 15.4. The van der Waals surface area contributed by atoms with E-state index in [-0.39, 0.29) is 21.7 Å². The number of hydrogen-bond acceptors (Lipinski definition) is 9. The van der Waals surface area contributed by atoms with Crippen LogP contribution in [0.15, 0.2) is 48.7 Å². The highest BCUT2D eigenvalue weighted by Crippen LogP contribution is 2.28. The van der Waals surface area contributed by atoms with Gasteiger partial charge >= 0.3 is 11.0 Å². The Morgan fingerprint density at radius 2 is 2.00 bits per heavy atom. The fourth-order valence-electron chi connectivity index (χ4n) is 2.84. The van der Waals surface area contributed by atoms with E-state index in [0.29, 0.717) is 24.2 Å². The van der Waals surface area contributed by atoms with E-state index in [1.54, 1.807) is 10.9 Å². The van der Waals surface area contributed by atoms with Crippen molar-refractivity contribution in [2.45, 2.75) is 0 Å². The number of ether oxygens (including phenoxy) is 1. The molecule has 0 radical (unpaired) electrons. The largest absolute Gasteiger partial charge is 0.462 e. The fourth-order valence-corrected chi connectivity index (χ4v) is 3.56. The lowest BCUT2D eigenvalue weighted by Gasteiger charge is -2.11. The van der Waals surface area contributed by atoms with Crippen molar-refractivity contribution in [2.24, 2.45) is 0 Å². The predicted molar refractivity (Wildman–Crippen MR) is 120 cm³/mol. The Labute approximate surface area is 186 Å². The van der Waals surface area contributed by atoms with E-state index in [1.165, 1.54) is 12.1 Å². The minimum atomic E-state index is -0.537. The van der Waals surface area contributed by atoms with Crippen LogP contribution in [-0.4, -0.2) is 62.7 Å². The van der Waals surface area contributed by atoms with Crippen LogP contribution in [0.3, 0.4) is 0 Å². The monoisotopic (exact) mass is 453 g/mol. The normalized spacial score (nSPS) is 11.1. The maximum Gasteiger partial charge on any atom is 0.324 e. The molecule has 4 aromatic rings. The van der Waals surface area contributed by atoms with E-state index in [4.69, 9.17) is 4.74 Å². The van der Waals surface area contributed by atoms with Crippen LogP contribution >= 0.6 is 11.3 Å². The molecule has 3 aromatic heterocycles. The molecular formula is C20H19N7O4S. The summed E-state index contributed by atoms with van der Waals surface area (Å²) in [5.41, 5.74) is 1.24. The Morgan fingerprint density at radius 1 is 1.22 bits per heavy atom. The second kappa shape index (κ2) is 9.08. The van der Waals surface area contributed by atoms with Crippen molar-refractivity contribution in [3.63, 3.8) is 0 Å². The molecule has 0 saturated heterocycles. The van der Waals surface area contributed by atoms with Gasteiger partial charge in [-0.05, 0) is 32.3 Å². The van der Waals surface area contributed by atoms with Crippen molar-refractivity contribution in [3.05, 3.63) is 63.7 Å². The average molecular weight is 453 g/mol. The van der Waals surface area contributed by atoms with Crippen LogP contribution in [0.2, 0.25) is 0 Å². The van der Waals surface area contributed by atoms with Crippen LogP contribution in [0.5, 0.6) is 6.01 Å². The molecule has 1 amide bonds. The summed E-state index contributed by atoms with van der Waals surface area (Å²) in [6.07, 6.45) is 1.55.